The maximum atomic E-state index is 6.09. The van der Waals surface area contributed by atoms with Crippen LogP contribution in [0.4, 0.5) is 0 Å². The zero-order valence-electron chi connectivity index (χ0n) is 15.5. The van der Waals surface area contributed by atoms with Crippen molar-refractivity contribution in [3.63, 3.8) is 0 Å². The maximum Gasteiger partial charge on any atom is 0.196 e. The Labute approximate surface area is 164 Å². The predicted octanol–water partition coefficient (Wildman–Crippen LogP) is 3.70. The molecule has 2 aliphatic rings. The lowest BCUT2D eigenvalue weighted by molar-refractivity contribution is -0.0379. The summed E-state index contributed by atoms with van der Waals surface area (Å²) in [5.74, 6) is 2.07. The smallest absolute Gasteiger partial charge is 0.196 e. The average molecular weight is 394 g/mol. The van der Waals surface area contributed by atoms with Crippen LogP contribution >= 0.6 is 11.3 Å². The van der Waals surface area contributed by atoms with Crippen molar-refractivity contribution < 1.29 is 14.2 Å². The minimum Gasteiger partial charge on any atom is -0.485 e. The van der Waals surface area contributed by atoms with Gasteiger partial charge < -0.3 is 14.2 Å². The second kappa shape index (κ2) is 5.65. The molecule has 0 spiro atoms. The normalized spacial score (nSPS) is 20.4. The monoisotopic (exact) mass is 394 g/mol. The number of aromatic nitrogens is 4. The highest BCUT2D eigenvalue weighted by Crippen LogP contribution is 2.40. The molecule has 6 rings (SSSR count). The molecule has 0 N–H and O–H groups in total. The van der Waals surface area contributed by atoms with Gasteiger partial charge in [0.2, 0.25) is 0 Å². The quantitative estimate of drug-likeness (QED) is 0.490. The largest absolute Gasteiger partial charge is 0.485 e. The molecular formula is C20H18N4O3S. The van der Waals surface area contributed by atoms with Gasteiger partial charge in [0, 0.05) is 11.3 Å². The predicted molar refractivity (Wildman–Crippen MR) is 104 cm³/mol. The third-order valence-corrected chi connectivity index (χ3v) is 6.33. The number of fused-ring (bicyclic) bond motifs is 6. The number of thiophene rings is 1. The lowest BCUT2D eigenvalue weighted by Gasteiger charge is -2.30. The molecule has 0 amide bonds. The number of ether oxygens (including phenoxy) is 3. The first kappa shape index (κ1) is 16.3. The summed E-state index contributed by atoms with van der Waals surface area (Å²) in [7, 11) is 0. The van der Waals surface area contributed by atoms with Gasteiger partial charge >= 0.3 is 0 Å². The fraction of sp³-hybridized carbons (Fsp3) is 0.350. The molecule has 28 heavy (non-hydrogen) atoms. The molecule has 0 fully saturated rings. The molecule has 0 saturated carbocycles. The lowest BCUT2D eigenvalue weighted by atomic mass is 9.94. The van der Waals surface area contributed by atoms with Crippen LogP contribution in [0.15, 0.2) is 30.6 Å². The number of benzene rings is 1. The summed E-state index contributed by atoms with van der Waals surface area (Å²) in [6.07, 6.45) is 2.21. The molecule has 1 aromatic carbocycles. The summed E-state index contributed by atoms with van der Waals surface area (Å²) in [6, 6.07) is 7.65. The molecule has 0 bridgehead atoms. The van der Waals surface area contributed by atoms with E-state index in [1.807, 2.05) is 24.3 Å². The maximum absolute atomic E-state index is 6.09. The molecule has 1 atom stereocenters. The molecule has 0 unspecified atom stereocenters. The Balaban J connectivity index is 1.47. The third kappa shape index (κ3) is 2.41. The first-order valence-electron chi connectivity index (χ1n) is 9.25. The van der Waals surface area contributed by atoms with Gasteiger partial charge in [-0.05, 0) is 31.5 Å². The van der Waals surface area contributed by atoms with Crippen LogP contribution in [0.25, 0.3) is 15.9 Å². The Hall–Kier alpha value is -2.71. The van der Waals surface area contributed by atoms with Crippen LogP contribution in [-0.4, -0.2) is 31.8 Å². The van der Waals surface area contributed by atoms with E-state index in [4.69, 9.17) is 19.2 Å². The van der Waals surface area contributed by atoms with Gasteiger partial charge in [-0.1, -0.05) is 12.1 Å². The number of para-hydroxylation sites is 2. The molecule has 142 valence electrons. The molecule has 5 heterocycles. The highest BCUT2D eigenvalue weighted by molar-refractivity contribution is 7.19. The van der Waals surface area contributed by atoms with E-state index in [-0.39, 0.29) is 11.7 Å². The van der Waals surface area contributed by atoms with Crippen LogP contribution in [0.3, 0.4) is 0 Å². The molecule has 0 radical (unpaired) electrons. The average Bonchev–Trinajstić information content (AvgIpc) is 3.27. The molecule has 7 nitrogen and oxygen atoms in total. The van der Waals surface area contributed by atoms with E-state index in [2.05, 4.69) is 23.9 Å². The van der Waals surface area contributed by atoms with Gasteiger partial charge in [-0.3, -0.25) is 0 Å². The van der Waals surface area contributed by atoms with Crippen LogP contribution < -0.4 is 9.47 Å². The summed E-state index contributed by atoms with van der Waals surface area (Å²) in [5, 5.41) is 5.71. The number of nitrogens with zero attached hydrogens (tertiary/aromatic N) is 4. The van der Waals surface area contributed by atoms with Crippen molar-refractivity contribution in [3.05, 3.63) is 46.9 Å². The van der Waals surface area contributed by atoms with E-state index >= 15 is 0 Å². The fourth-order valence-corrected chi connectivity index (χ4v) is 4.91. The molecule has 0 saturated heterocycles. The molecular weight excluding hydrogens is 376 g/mol. The van der Waals surface area contributed by atoms with Gasteiger partial charge in [0.15, 0.2) is 29.1 Å². The van der Waals surface area contributed by atoms with Gasteiger partial charge in [-0.25, -0.2) is 14.5 Å². The van der Waals surface area contributed by atoms with Gasteiger partial charge in [0.05, 0.1) is 17.6 Å². The topological polar surface area (TPSA) is 70.8 Å². The van der Waals surface area contributed by atoms with Crippen LogP contribution in [0.2, 0.25) is 0 Å². The van der Waals surface area contributed by atoms with Crippen LogP contribution in [0.5, 0.6) is 11.5 Å². The van der Waals surface area contributed by atoms with Crippen molar-refractivity contribution in [1.29, 1.82) is 0 Å². The molecule has 2 aliphatic heterocycles. The Kier molecular flexibility index (Phi) is 3.28. The minimum atomic E-state index is -0.348. The second-order valence-corrected chi connectivity index (χ2v) is 8.84. The standard InChI is InChI=1S/C20H18N4O3S/c1-20(2)7-11-15(9-26-20)28-19-16(11)18-22-17(23-24(18)10-21-19)14-8-25-12-5-3-4-6-13(12)27-14/h3-6,10,14H,7-9H2,1-2H3/t14-/m1/s1. The number of hydrogen-bond acceptors (Lipinski definition) is 7. The highest BCUT2D eigenvalue weighted by atomic mass is 32.1. The second-order valence-electron chi connectivity index (χ2n) is 7.76. The van der Waals surface area contributed by atoms with Crippen molar-refractivity contribution in [1.82, 2.24) is 19.6 Å². The molecule has 3 aromatic heterocycles. The molecule has 8 heteroatoms. The third-order valence-electron chi connectivity index (χ3n) is 5.22. The van der Waals surface area contributed by atoms with Crippen molar-refractivity contribution in [3.8, 4) is 11.5 Å². The summed E-state index contributed by atoms with van der Waals surface area (Å²) < 4.78 is 19.6. The zero-order chi connectivity index (χ0) is 18.9. The van der Waals surface area contributed by atoms with Crippen LogP contribution in [0.1, 0.15) is 36.2 Å². The minimum absolute atomic E-state index is 0.194. The Bertz CT molecular complexity index is 1230. The van der Waals surface area contributed by atoms with E-state index in [0.29, 0.717) is 24.8 Å². The first-order chi connectivity index (χ1) is 13.6. The van der Waals surface area contributed by atoms with E-state index in [1.54, 1.807) is 22.2 Å². The van der Waals surface area contributed by atoms with Gasteiger partial charge in [0.1, 0.15) is 17.8 Å². The molecule has 0 aliphatic carbocycles. The Morgan fingerprint density at radius 1 is 1.21 bits per heavy atom. The van der Waals surface area contributed by atoms with Gasteiger partial charge in [-0.15, -0.1) is 16.4 Å². The summed E-state index contributed by atoms with van der Waals surface area (Å²) in [6.45, 7) is 5.24. The van der Waals surface area contributed by atoms with Crippen molar-refractivity contribution in [2.24, 2.45) is 0 Å². The molecule has 4 aromatic rings. The SMILES string of the molecule is CC1(C)Cc2c(sc3ncn4nc([C@H]5COc6ccccc6O5)nc4c23)CO1. The van der Waals surface area contributed by atoms with E-state index < -0.39 is 0 Å². The number of rotatable bonds is 1. The Morgan fingerprint density at radius 2 is 2.07 bits per heavy atom. The van der Waals surface area contributed by atoms with Gasteiger partial charge in [0.25, 0.3) is 0 Å². The fourth-order valence-electron chi connectivity index (χ4n) is 3.84. The first-order valence-corrected chi connectivity index (χ1v) is 10.1. The zero-order valence-corrected chi connectivity index (χ0v) is 16.3. The number of hydrogen-bond donors (Lipinski definition) is 0. The van der Waals surface area contributed by atoms with Crippen LogP contribution in [0, 0.1) is 0 Å². The van der Waals surface area contributed by atoms with E-state index in [9.17, 15) is 0 Å². The van der Waals surface area contributed by atoms with Crippen molar-refractivity contribution in [2.75, 3.05) is 6.61 Å². The lowest BCUT2D eigenvalue weighted by Crippen LogP contribution is -2.31. The summed E-state index contributed by atoms with van der Waals surface area (Å²) in [4.78, 5) is 11.6. The summed E-state index contributed by atoms with van der Waals surface area (Å²) >= 11 is 1.68. The van der Waals surface area contributed by atoms with Crippen LogP contribution in [-0.2, 0) is 17.8 Å². The summed E-state index contributed by atoms with van der Waals surface area (Å²) in [5.41, 5.74) is 1.90. The van der Waals surface area contributed by atoms with E-state index in [1.165, 1.54) is 10.4 Å². The van der Waals surface area contributed by atoms with Gasteiger partial charge in [-0.2, -0.15) is 0 Å². The Morgan fingerprint density at radius 3 is 2.96 bits per heavy atom. The van der Waals surface area contributed by atoms with E-state index in [0.717, 1.165) is 28.0 Å². The highest BCUT2D eigenvalue weighted by Gasteiger charge is 2.32. The van der Waals surface area contributed by atoms with Crippen molar-refractivity contribution >= 4 is 27.2 Å². The van der Waals surface area contributed by atoms with Crippen molar-refractivity contribution in [2.45, 2.75) is 38.6 Å².